The molecule has 0 bridgehead atoms. The number of likely N-dealkylation sites (N-methyl/N-ethyl adjacent to an activating group) is 1. The lowest BCUT2D eigenvalue weighted by Crippen LogP contribution is -2.30. The van der Waals surface area contributed by atoms with Gasteiger partial charge in [0.15, 0.2) is 0 Å². The van der Waals surface area contributed by atoms with Gasteiger partial charge in [-0.3, -0.25) is 4.79 Å². The molecule has 1 saturated carbocycles. The van der Waals surface area contributed by atoms with Crippen molar-refractivity contribution < 1.29 is 14.6 Å². The van der Waals surface area contributed by atoms with Gasteiger partial charge in [-0.1, -0.05) is 11.8 Å². The zero-order chi connectivity index (χ0) is 14.4. The van der Waals surface area contributed by atoms with E-state index in [9.17, 15) is 4.79 Å². The number of carbonyl (C=O) groups excluding carboxylic acids is 1. The van der Waals surface area contributed by atoms with Crippen molar-refractivity contribution in [3.05, 3.63) is 21.9 Å². The Hall–Kier alpha value is -1.35. The average molecular weight is 293 g/mol. The third-order valence-corrected chi connectivity index (χ3v) is 4.03. The highest BCUT2D eigenvalue weighted by Gasteiger charge is 2.21. The third-order valence-electron chi connectivity index (χ3n) is 3.13. The number of carbonyl (C=O) groups is 1. The van der Waals surface area contributed by atoms with Crippen LogP contribution in [0.4, 0.5) is 0 Å². The fourth-order valence-corrected chi connectivity index (χ4v) is 2.56. The summed E-state index contributed by atoms with van der Waals surface area (Å²) >= 11 is 1.37. The second-order valence-corrected chi connectivity index (χ2v) is 5.78. The molecule has 1 amide bonds. The Labute approximate surface area is 123 Å². The lowest BCUT2D eigenvalue weighted by atomic mass is 10.2. The first-order chi connectivity index (χ1) is 9.72. The third kappa shape index (κ3) is 4.34. The van der Waals surface area contributed by atoms with E-state index in [-0.39, 0.29) is 12.5 Å². The van der Waals surface area contributed by atoms with Crippen molar-refractivity contribution in [2.75, 3.05) is 33.4 Å². The highest BCUT2D eigenvalue weighted by Crippen LogP contribution is 2.28. The molecule has 1 aromatic rings. The van der Waals surface area contributed by atoms with E-state index in [1.807, 2.05) is 5.38 Å². The molecule has 1 N–H and O–H groups in total. The Kier molecular flexibility index (Phi) is 5.60. The van der Waals surface area contributed by atoms with Gasteiger partial charge in [0.05, 0.1) is 6.61 Å². The summed E-state index contributed by atoms with van der Waals surface area (Å²) in [6, 6.07) is 1.80. The SMILES string of the molecule is CN(CCOCC1CC1)C(=O)c1sccc1C#CCO. The number of thiophene rings is 1. The Balaban J connectivity index is 1.83. The normalized spacial score (nSPS) is 13.7. The highest BCUT2D eigenvalue weighted by atomic mass is 32.1. The first kappa shape index (κ1) is 15.0. The molecule has 0 radical (unpaired) electrons. The Morgan fingerprint density at radius 3 is 3.10 bits per heavy atom. The minimum absolute atomic E-state index is 0.0442. The highest BCUT2D eigenvalue weighted by molar-refractivity contribution is 7.12. The molecule has 5 heteroatoms. The average Bonchev–Trinajstić information content (AvgIpc) is 3.16. The molecular formula is C15H19NO3S. The first-order valence-corrected chi connectivity index (χ1v) is 7.60. The molecule has 2 rings (SSSR count). The van der Waals surface area contributed by atoms with E-state index in [1.165, 1.54) is 24.2 Å². The fourth-order valence-electron chi connectivity index (χ4n) is 1.72. The van der Waals surface area contributed by atoms with Crippen LogP contribution in [-0.4, -0.2) is 49.3 Å². The van der Waals surface area contributed by atoms with Crippen molar-refractivity contribution in [3.63, 3.8) is 0 Å². The second kappa shape index (κ2) is 7.44. The predicted molar refractivity (Wildman–Crippen MR) is 78.8 cm³/mol. The summed E-state index contributed by atoms with van der Waals surface area (Å²) in [6.07, 6.45) is 2.55. The molecule has 0 aromatic carbocycles. The van der Waals surface area contributed by atoms with Gasteiger partial charge in [0.2, 0.25) is 0 Å². The van der Waals surface area contributed by atoms with Crippen LogP contribution in [0.1, 0.15) is 28.1 Å². The molecule has 1 aliphatic carbocycles. The van der Waals surface area contributed by atoms with Gasteiger partial charge in [0, 0.05) is 25.8 Å². The van der Waals surface area contributed by atoms with Gasteiger partial charge in [-0.15, -0.1) is 11.3 Å². The van der Waals surface area contributed by atoms with Crippen LogP contribution in [-0.2, 0) is 4.74 Å². The lowest BCUT2D eigenvalue weighted by Gasteiger charge is -2.16. The summed E-state index contributed by atoms with van der Waals surface area (Å²) in [5.41, 5.74) is 0.680. The van der Waals surface area contributed by atoms with Crippen molar-refractivity contribution in [1.29, 1.82) is 0 Å². The van der Waals surface area contributed by atoms with Crippen molar-refractivity contribution in [1.82, 2.24) is 4.90 Å². The van der Waals surface area contributed by atoms with E-state index in [2.05, 4.69) is 11.8 Å². The van der Waals surface area contributed by atoms with Gasteiger partial charge in [-0.25, -0.2) is 0 Å². The molecule has 0 atom stereocenters. The van der Waals surface area contributed by atoms with E-state index < -0.39 is 0 Å². The summed E-state index contributed by atoms with van der Waals surface area (Å²) in [5.74, 6) is 6.07. The fraction of sp³-hybridized carbons (Fsp3) is 0.533. The number of rotatable bonds is 6. The minimum atomic E-state index is -0.200. The number of aliphatic hydroxyl groups excluding tert-OH is 1. The molecule has 0 aliphatic heterocycles. The molecule has 0 unspecified atom stereocenters. The quantitative estimate of drug-likeness (QED) is 0.640. The van der Waals surface area contributed by atoms with E-state index in [0.29, 0.717) is 23.6 Å². The number of hydrogen-bond donors (Lipinski definition) is 1. The predicted octanol–water partition coefficient (Wildman–Crippen LogP) is 1.59. The molecule has 108 valence electrons. The maximum Gasteiger partial charge on any atom is 0.265 e. The van der Waals surface area contributed by atoms with Crippen LogP contribution >= 0.6 is 11.3 Å². The number of hydrogen-bond acceptors (Lipinski definition) is 4. The molecule has 4 nitrogen and oxygen atoms in total. The van der Waals surface area contributed by atoms with Gasteiger partial charge in [-0.2, -0.15) is 0 Å². The molecule has 1 aromatic heterocycles. The van der Waals surface area contributed by atoms with E-state index in [1.54, 1.807) is 18.0 Å². The molecule has 0 saturated heterocycles. The van der Waals surface area contributed by atoms with Crippen LogP contribution in [0, 0.1) is 17.8 Å². The summed E-state index contributed by atoms with van der Waals surface area (Å²) in [4.78, 5) is 14.6. The van der Waals surface area contributed by atoms with Crippen LogP contribution in [0.2, 0.25) is 0 Å². The van der Waals surface area contributed by atoms with Crippen LogP contribution in [0.15, 0.2) is 11.4 Å². The molecule has 20 heavy (non-hydrogen) atoms. The lowest BCUT2D eigenvalue weighted by molar-refractivity contribution is 0.0685. The zero-order valence-corrected chi connectivity index (χ0v) is 12.4. The van der Waals surface area contributed by atoms with Gasteiger partial charge >= 0.3 is 0 Å². The number of aliphatic hydroxyl groups is 1. The van der Waals surface area contributed by atoms with Crippen LogP contribution in [0.25, 0.3) is 0 Å². The van der Waals surface area contributed by atoms with Crippen molar-refractivity contribution in [2.24, 2.45) is 5.92 Å². The Bertz CT molecular complexity index is 511. The maximum absolute atomic E-state index is 12.3. The zero-order valence-electron chi connectivity index (χ0n) is 11.6. The summed E-state index contributed by atoms with van der Waals surface area (Å²) in [7, 11) is 1.77. The van der Waals surface area contributed by atoms with Gasteiger partial charge in [-0.05, 0) is 30.2 Å². The van der Waals surface area contributed by atoms with Crippen molar-refractivity contribution in [2.45, 2.75) is 12.8 Å². The van der Waals surface area contributed by atoms with Crippen molar-refractivity contribution in [3.8, 4) is 11.8 Å². The Morgan fingerprint density at radius 2 is 2.40 bits per heavy atom. The molecule has 1 fully saturated rings. The van der Waals surface area contributed by atoms with E-state index >= 15 is 0 Å². The summed E-state index contributed by atoms with van der Waals surface area (Å²) in [6.45, 7) is 1.76. The van der Waals surface area contributed by atoms with E-state index in [0.717, 1.165) is 12.5 Å². The topological polar surface area (TPSA) is 49.8 Å². The summed E-state index contributed by atoms with van der Waals surface area (Å²) in [5, 5.41) is 10.6. The number of amides is 1. The summed E-state index contributed by atoms with van der Waals surface area (Å²) < 4.78 is 5.54. The molecule has 0 spiro atoms. The van der Waals surface area contributed by atoms with E-state index in [4.69, 9.17) is 9.84 Å². The first-order valence-electron chi connectivity index (χ1n) is 6.72. The van der Waals surface area contributed by atoms with Gasteiger partial charge in [0.25, 0.3) is 5.91 Å². The standard InChI is InChI=1S/C15H19NO3S/c1-16(7-9-19-11-12-4-5-12)15(18)14-13(3-2-8-17)6-10-20-14/h6,10,12,17H,4-5,7-9,11H2,1H3. The molecule has 1 heterocycles. The molecule has 1 aliphatic rings. The van der Waals surface area contributed by atoms with Crippen LogP contribution in [0.3, 0.4) is 0 Å². The monoisotopic (exact) mass is 293 g/mol. The minimum Gasteiger partial charge on any atom is -0.384 e. The van der Waals surface area contributed by atoms with Gasteiger partial charge < -0.3 is 14.7 Å². The molecular weight excluding hydrogens is 274 g/mol. The number of ether oxygens (including phenoxy) is 1. The van der Waals surface area contributed by atoms with Crippen LogP contribution < -0.4 is 0 Å². The van der Waals surface area contributed by atoms with Crippen molar-refractivity contribution >= 4 is 17.2 Å². The number of nitrogens with zero attached hydrogens (tertiary/aromatic N) is 1. The maximum atomic E-state index is 12.3. The smallest absolute Gasteiger partial charge is 0.265 e. The van der Waals surface area contributed by atoms with Crippen LogP contribution in [0.5, 0.6) is 0 Å². The second-order valence-electron chi connectivity index (χ2n) is 4.87. The largest absolute Gasteiger partial charge is 0.384 e. The Morgan fingerprint density at radius 1 is 1.60 bits per heavy atom. The van der Waals surface area contributed by atoms with Gasteiger partial charge in [0.1, 0.15) is 11.5 Å².